The van der Waals surface area contributed by atoms with Gasteiger partial charge >= 0.3 is 12.0 Å². The van der Waals surface area contributed by atoms with E-state index in [1.165, 1.54) is 7.11 Å². The molecular formula is C31H30I2N4O7. The number of methoxy groups -OCH3 is 1. The summed E-state index contributed by atoms with van der Waals surface area (Å²) in [4.78, 5) is 37.2. The van der Waals surface area contributed by atoms with Gasteiger partial charge in [0, 0.05) is 5.70 Å². The van der Waals surface area contributed by atoms with Crippen LogP contribution < -0.4 is 30.3 Å². The van der Waals surface area contributed by atoms with Crippen LogP contribution in [0.3, 0.4) is 0 Å². The molecule has 13 heteroatoms. The van der Waals surface area contributed by atoms with Crippen LogP contribution in [0.1, 0.15) is 36.6 Å². The Labute approximate surface area is 282 Å². The number of carbonyl (C=O) groups is 3. The maximum Gasteiger partial charge on any atom is 0.338 e. The van der Waals surface area contributed by atoms with Crippen LogP contribution in [-0.4, -0.2) is 44.4 Å². The molecule has 3 aromatic rings. The minimum atomic E-state index is -0.765. The molecule has 0 saturated carbocycles. The van der Waals surface area contributed by atoms with E-state index in [4.69, 9.17) is 18.9 Å². The number of ether oxygens (including phenoxy) is 4. The molecule has 1 heterocycles. The molecule has 0 aliphatic carbocycles. The summed E-state index contributed by atoms with van der Waals surface area (Å²) >= 11 is 4.42. The van der Waals surface area contributed by atoms with Crippen molar-refractivity contribution in [3.63, 3.8) is 0 Å². The number of halogens is 2. The van der Waals surface area contributed by atoms with Crippen molar-refractivity contribution in [2.75, 3.05) is 20.3 Å². The maximum absolute atomic E-state index is 12.6. The van der Waals surface area contributed by atoms with Gasteiger partial charge in [-0.25, -0.2) is 15.0 Å². The molecule has 0 unspecified atom stereocenters. The summed E-state index contributed by atoms with van der Waals surface area (Å²) in [5.41, 5.74) is 5.57. The molecule has 1 atom stereocenters. The van der Waals surface area contributed by atoms with Crippen molar-refractivity contribution in [3.05, 3.63) is 95.8 Å². The number of urea groups is 1. The Morgan fingerprint density at radius 2 is 1.75 bits per heavy atom. The fourth-order valence-corrected chi connectivity index (χ4v) is 6.41. The summed E-state index contributed by atoms with van der Waals surface area (Å²) in [7, 11) is 1.45. The number of benzene rings is 3. The molecule has 0 saturated heterocycles. The van der Waals surface area contributed by atoms with Crippen molar-refractivity contribution in [1.29, 1.82) is 0 Å². The van der Waals surface area contributed by atoms with E-state index < -0.39 is 23.9 Å². The van der Waals surface area contributed by atoms with Gasteiger partial charge in [0.2, 0.25) is 0 Å². The highest BCUT2D eigenvalue weighted by Gasteiger charge is 2.32. The lowest BCUT2D eigenvalue weighted by Crippen LogP contribution is -2.45. The molecule has 11 nitrogen and oxygen atoms in total. The molecule has 0 fully saturated rings. The van der Waals surface area contributed by atoms with Crippen molar-refractivity contribution in [2.45, 2.75) is 26.5 Å². The zero-order valence-electron chi connectivity index (χ0n) is 24.1. The fourth-order valence-electron chi connectivity index (χ4n) is 4.28. The smallest absolute Gasteiger partial charge is 0.338 e. The second kappa shape index (κ2) is 15.7. The van der Waals surface area contributed by atoms with Gasteiger partial charge in [-0.15, -0.1) is 0 Å². The zero-order valence-corrected chi connectivity index (χ0v) is 28.4. The van der Waals surface area contributed by atoms with Gasteiger partial charge in [-0.1, -0.05) is 36.4 Å². The third-order valence-electron chi connectivity index (χ3n) is 6.29. The first-order chi connectivity index (χ1) is 21.2. The quantitative estimate of drug-likeness (QED) is 0.0989. The Morgan fingerprint density at radius 3 is 2.43 bits per heavy atom. The number of allylic oxidation sites excluding steroid dienone is 1. The first kappa shape index (κ1) is 33.0. The van der Waals surface area contributed by atoms with E-state index in [0.29, 0.717) is 29.4 Å². The van der Waals surface area contributed by atoms with Crippen molar-refractivity contribution in [1.82, 2.24) is 16.1 Å². The van der Waals surface area contributed by atoms with E-state index in [0.717, 1.165) is 24.0 Å². The number of nitrogens with zero attached hydrogens (tertiary/aromatic N) is 1. The van der Waals surface area contributed by atoms with Crippen LogP contribution in [0.2, 0.25) is 0 Å². The molecule has 3 amide bonds. The highest BCUT2D eigenvalue weighted by atomic mass is 127. The van der Waals surface area contributed by atoms with Crippen LogP contribution in [0.15, 0.2) is 77.0 Å². The summed E-state index contributed by atoms with van der Waals surface area (Å²) in [6, 6.07) is 17.4. The molecule has 44 heavy (non-hydrogen) atoms. The van der Waals surface area contributed by atoms with Crippen LogP contribution in [0, 0.1) is 7.14 Å². The van der Waals surface area contributed by atoms with E-state index in [2.05, 4.69) is 66.3 Å². The lowest BCUT2D eigenvalue weighted by molar-refractivity contribution is -0.139. The number of amides is 3. The van der Waals surface area contributed by atoms with Gasteiger partial charge in [0.25, 0.3) is 5.91 Å². The molecule has 230 valence electrons. The lowest BCUT2D eigenvalue weighted by atomic mass is 9.95. The Hall–Kier alpha value is -3.86. The van der Waals surface area contributed by atoms with E-state index in [1.54, 1.807) is 38.3 Å². The number of hydrogen-bond acceptors (Lipinski definition) is 8. The molecule has 1 aliphatic heterocycles. The van der Waals surface area contributed by atoms with Gasteiger partial charge in [0.05, 0.1) is 38.7 Å². The normalized spacial score (nSPS) is 14.5. The number of hydrazone groups is 1. The minimum absolute atomic E-state index is 0.188. The number of hydrogen-bond donors (Lipinski definition) is 3. The third kappa shape index (κ3) is 8.62. The van der Waals surface area contributed by atoms with Crippen LogP contribution in [0.4, 0.5) is 4.79 Å². The Morgan fingerprint density at radius 1 is 1.02 bits per heavy atom. The van der Waals surface area contributed by atoms with Crippen LogP contribution >= 0.6 is 45.2 Å². The maximum atomic E-state index is 12.6. The second-order valence-electron chi connectivity index (χ2n) is 9.37. The van der Waals surface area contributed by atoms with E-state index in [1.807, 2.05) is 42.5 Å². The minimum Gasteiger partial charge on any atom is -0.493 e. The molecule has 0 spiro atoms. The molecule has 1 aliphatic rings. The van der Waals surface area contributed by atoms with Gasteiger partial charge in [0.1, 0.15) is 12.4 Å². The fraction of sp³-hybridized carbons (Fsp3) is 0.226. The number of esters is 1. The van der Waals surface area contributed by atoms with Crippen molar-refractivity contribution < 1.29 is 33.3 Å². The summed E-state index contributed by atoms with van der Waals surface area (Å²) in [6.45, 7) is 3.66. The predicted octanol–water partition coefficient (Wildman–Crippen LogP) is 5.20. The number of rotatable bonds is 12. The zero-order chi connectivity index (χ0) is 31.6. The number of nitrogens with one attached hydrogen (secondary N) is 3. The van der Waals surface area contributed by atoms with E-state index >= 15 is 0 Å². The summed E-state index contributed by atoms with van der Waals surface area (Å²) in [5, 5.41) is 9.39. The summed E-state index contributed by atoms with van der Waals surface area (Å²) in [6.07, 6.45) is 1.54. The van der Waals surface area contributed by atoms with Crippen LogP contribution in [0.25, 0.3) is 0 Å². The van der Waals surface area contributed by atoms with Crippen LogP contribution in [-0.2, 0) is 20.9 Å². The number of carbonyl (C=O) groups excluding carboxylic acids is 3. The molecule has 3 aromatic carbocycles. The molecule has 0 radical (unpaired) electrons. The molecule has 3 N–H and O–H groups in total. The molecule has 4 rings (SSSR count). The first-order valence-corrected chi connectivity index (χ1v) is 15.6. The van der Waals surface area contributed by atoms with Gasteiger partial charge in [-0.3, -0.25) is 4.79 Å². The van der Waals surface area contributed by atoms with Gasteiger partial charge < -0.3 is 29.6 Å². The van der Waals surface area contributed by atoms with Gasteiger partial charge in [0.15, 0.2) is 18.1 Å². The summed E-state index contributed by atoms with van der Waals surface area (Å²) in [5.74, 6) is 0.370. The topological polar surface area (TPSA) is 137 Å². The largest absolute Gasteiger partial charge is 0.493 e. The molecular weight excluding hydrogens is 794 g/mol. The van der Waals surface area contributed by atoms with Gasteiger partial charge in [-0.2, -0.15) is 5.10 Å². The van der Waals surface area contributed by atoms with Crippen LogP contribution in [0.5, 0.6) is 17.2 Å². The lowest BCUT2D eigenvalue weighted by Gasteiger charge is -2.28. The van der Waals surface area contributed by atoms with Crippen molar-refractivity contribution in [2.24, 2.45) is 5.10 Å². The van der Waals surface area contributed by atoms with Crippen molar-refractivity contribution >= 4 is 69.3 Å². The van der Waals surface area contributed by atoms with Gasteiger partial charge in [-0.05, 0) is 100.0 Å². The highest BCUT2D eigenvalue weighted by molar-refractivity contribution is 14.1. The summed E-state index contributed by atoms with van der Waals surface area (Å²) < 4.78 is 24.2. The second-order valence-corrected chi connectivity index (χ2v) is 11.7. The standard InChI is InChI=1S/C31H30I2N4O7/c1-4-42-30(39)27-18(2)35-31(40)36-28(27)21-10-11-24(25(14-21)41-3)43-17-26(38)37-34-15-20-12-22(32)29(23(33)13-20)44-16-19-8-6-5-7-9-19/h5-15,28H,4,16-17H2,1-3H3,(H,37,38)(H2,35,36,40)/b34-15-/t28-/m1/s1. The first-order valence-electron chi connectivity index (χ1n) is 13.4. The third-order valence-corrected chi connectivity index (χ3v) is 7.90. The molecule has 0 aromatic heterocycles. The SMILES string of the molecule is CCOC(=O)C1=C(C)NC(=O)N[C@@H]1c1ccc(OCC(=O)N/N=C\c2cc(I)c(OCc3ccccc3)c(I)c2)c(OC)c1. The van der Waals surface area contributed by atoms with Crippen molar-refractivity contribution in [3.8, 4) is 17.2 Å². The monoisotopic (exact) mass is 824 g/mol. The predicted molar refractivity (Wildman–Crippen MR) is 181 cm³/mol. The Balaban J connectivity index is 1.36. The Bertz CT molecular complexity index is 1570. The highest BCUT2D eigenvalue weighted by Crippen LogP contribution is 2.35. The average molecular weight is 824 g/mol. The average Bonchev–Trinajstić information content (AvgIpc) is 2.99. The van der Waals surface area contributed by atoms with E-state index in [9.17, 15) is 14.4 Å². The van der Waals surface area contributed by atoms with E-state index in [-0.39, 0.29) is 18.8 Å². The Kier molecular flexibility index (Phi) is 11.8. The molecule has 0 bridgehead atoms.